The van der Waals surface area contributed by atoms with E-state index in [0.29, 0.717) is 0 Å². The SMILES string of the molecule is C=CC(=O)OCCCC(F)(F)F. The van der Waals surface area contributed by atoms with Gasteiger partial charge in [-0.1, -0.05) is 6.58 Å². The summed E-state index contributed by atoms with van der Waals surface area (Å²) in [5.74, 6) is -0.697. The van der Waals surface area contributed by atoms with Crippen LogP contribution < -0.4 is 0 Å². The van der Waals surface area contributed by atoms with E-state index in [1.807, 2.05) is 0 Å². The van der Waals surface area contributed by atoms with Crippen molar-refractivity contribution in [2.45, 2.75) is 19.0 Å². The predicted octanol–water partition coefficient (Wildman–Crippen LogP) is 2.06. The van der Waals surface area contributed by atoms with Crippen molar-refractivity contribution in [1.29, 1.82) is 0 Å². The Kier molecular flexibility index (Phi) is 4.39. The average molecular weight is 182 g/mol. The zero-order chi connectivity index (χ0) is 9.61. The molecule has 70 valence electrons. The number of alkyl halides is 3. The van der Waals surface area contributed by atoms with Crippen LogP contribution in [0.1, 0.15) is 12.8 Å². The number of esters is 1. The molecule has 0 atom stereocenters. The van der Waals surface area contributed by atoms with E-state index in [4.69, 9.17) is 0 Å². The molecule has 2 nitrogen and oxygen atoms in total. The lowest BCUT2D eigenvalue weighted by Gasteiger charge is -2.05. The first-order valence-corrected chi connectivity index (χ1v) is 3.31. The van der Waals surface area contributed by atoms with E-state index in [1.54, 1.807) is 0 Å². The largest absolute Gasteiger partial charge is 0.463 e. The van der Waals surface area contributed by atoms with Crippen LogP contribution in [0.5, 0.6) is 0 Å². The first-order chi connectivity index (χ1) is 5.45. The molecule has 0 bridgehead atoms. The molecule has 0 unspecified atom stereocenters. The van der Waals surface area contributed by atoms with Crippen molar-refractivity contribution in [2.24, 2.45) is 0 Å². The molecule has 0 aliphatic carbocycles. The van der Waals surface area contributed by atoms with Gasteiger partial charge in [0, 0.05) is 12.5 Å². The second-order valence-corrected chi connectivity index (χ2v) is 2.09. The fourth-order valence-electron chi connectivity index (χ4n) is 0.504. The van der Waals surface area contributed by atoms with Crippen LogP contribution in [0.4, 0.5) is 13.2 Å². The zero-order valence-electron chi connectivity index (χ0n) is 6.36. The van der Waals surface area contributed by atoms with Crippen molar-refractivity contribution in [3.63, 3.8) is 0 Å². The Morgan fingerprint density at radius 3 is 2.50 bits per heavy atom. The third-order valence-corrected chi connectivity index (χ3v) is 1.02. The van der Waals surface area contributed by atoms with Gasteiger partial charge < -0.3 is 4.74 Å². The van der Waals surface area contributed by atoms with Gasteiger partial charge in [-0.25, -0.2) is 4.79 Å². The predicted molar refractivity (Wildman–Crippen MR) is 36.4 cm³/mol. The number of halogens is 3. The van der Waals surface area contributed by atoms with Crippen molar-refractivity contribution in [3.8, 4) is 0 Å². The van der Waals surface area contributed by atoms with Gasteiger partial charge in [-0.2, -0.15) is 13.2 Å². The van der Waals surface area contributed by atoms with Crippen molar-refractivity contribution in [1.82, 2.24) is 0 Å². The minimum absolute atomic E-state index is 0.205. The summed E-state index contributed by atoms with van der Waals surface area (Å²) < 4.78 is 38.8. The van der Waals surface area contributed by atoms with Gasteiger partial charge in [0.05, 0.1) is 6.61 Å². The van der Waals surface area contributed by atoms with Gasteiger partial charge in [-0.15, -0.1) is 0 Å². The van der Waals surface area contributed by atoms with Crippen LogP contribution in [0.15, 0.2) is 12.7 Å². The summed E-state index contributed by atoms with van der Waals surface area (Å²) >= 11 is 0. The molecule has 0 aliphatic rings. The van der Waals surface area contributed by atoms with Crippen LogP contribution in [0.2, 0.25) is 0 Å². The van der Waals surface area contributed by atoms with Gasteiger partial charge in [0.2, 0.25) is 0 Å². The van der Waals surface area contributed by atoms with Crippen LogP contribution in [0.25, 0.3) is 0 Å². The lowest BCUT2D eigenvalue weighted by Crippen LogP contribution is -2.10. The van der Waals surface area contributed by atoms with Crippen LogP contribution >= 0.6 is 0 Å². The summed E-state index contributed by atoms with van der Waals surface area (Å²) in [4.78, 5) is 10.3. The maximum absolute atomic E-state index is 11.5. The Balaban J connectivity index is 3.34. The van der Waals surface area contributed by atoms with Crippen molar-refractivity contribution in [3.05, 3.63) is 12.7 Å². The van der Waals surface area contributed by atoms with E-state index in [0.717, 1.165) is 6.08 Å². The lowest BCUT2D eigenvalue weighted by molar-refractivity contribution is -0.146. The van der Waals surface area contributed by atoms with Crippen LogP contribution in [-0.2, 0) is 9.53 Å². The number of rotatable bonds is 4. The topological polar surface area (TPSA) is 26.3 Å². The second kappa shape index (κ2) is 4.79. The molecule has 5 heteroatoms. The third-order valence-electron chi connectivity index (χ3n) is 1.02. The fraction of sp³-hybridized carbons (Fsp3) is 0.571. The Bertz CT molecular complexity index is 163. The summed E-state index contributed by atoms with van der Waals surface area (Å²) in [6.07, 6.45) is -4.41. The number of carbonyl (C=O) groups excluding carboxylic acids is 1. The average Bonchev–Trinajstić information content (AvgIpc) is 1.96. The highest BCUT2D eigenvalue weighted by Gasteiger charge is 2.26. The molecule has 0 radical (unpaired) electrons. The van der Waals surface area contributed by atoms with E-state index in [2.05, 4.69) is 11.3 Å². The molecule has 0 saturated heterocycles. The summed E-state index contributed by atoms with van der Waals surface area (Å²) in [5.41, 5.74) is 0. The standard InChI is InChI=1S/C7H9F3O2/c1-2-6(11)12-5-3-4-7(8,9)10/h2H,1,3-5H2. The normalized spacial score (nSPS) is 10.9. The minimum atomic E-state index is -4.18. The number of hydrogen-bond acceptors (Lipinski definition) is 2. The number of ether oxygens (including phenoxy) is 1. The van der Waals surface area contributed by atoms with E-state index in [1.165, 1.54) is 0 Å². The molecule has 0 heterocycles. The van der Waals surface area contributed by atoms with E-state index in [-0.39, 0.29) is 13.0 Å². The molecule has 0 N–H and O–H groups in total. The third kappa shape index (κ3) is 7.11. The van der Waals surface area contributed by atoms with Crippen LogP contribution in [-0.4, -0.2) is 18.8 Å². The molecule has 0 amide bonds. The molecule has 12 heavy (non-hydrogen) atoms. The van der Waals surface area contributed by atoms with Crippen LogP contribution in [0.3, 0.4) is 0 Å². The van der Waals surface area contributed by atoms with E-state index in [9.17, 15) is 18.0 Å². The van der Waals surface area contributed by atoms with Gasteiger partial charge in [-0.3, -0.25) is 0 Å². The molecule has 0 aromatic carbocycles. The van der Waals surface area contributed by atoms with E-state index < -0.39 is 18.6 Å². The van der Waals surface area contributed by atoms with Gasteiger partial charge in [0.15, 0.2) is 0 Å². The quantitative estimate of drug-likeness (QED) is 0.378. The molecule has 0 aliphatic heterocycles. The van der Waals surface area contributed by atoms with Gasteiger partial charge in [0.25, 0.3) is 0 Å². The minimum Gasteiger partial charge on any atom is -0.463 e. The molecular formula is C7H9F3O2. The molecular weight excluding hydrogens is 173 g/mol. The number of carbonyl (C=O) groups is 1. The summed E-state index contributed by atoms with van der Waals surface area (Å²) in [7, 11) is 0. The molecule has 0 saturated carbocycles. The highest BCUT2D eigenvalue weighted by atomic mass is 19.4. The lowest BCUT2D eigenvalue weighted by atomic mass is 10.3. The van der Waals surface area contributed by atoms with Gasteiger partial charge in [0.1, 0.15) is 0 Å². The Labute approximate surface area is 68.0 Å². The van der Waals surface area contributed by atoms with Crippen molar-refractivity contribution >= 4 is 5.97 Å². The number of hydrogen-bond donors (Lipinski definition) is 0. The second-order valence-electron chi connectivity index (χ2n) is 2.09. The first kappa shape index (κ1) is 11.0. The Morgan fingerprint density at radius 2 is 2.08 bits per heavy atom. The molecule has 0 rings (SSSR count). The zero-order valence-corrected chi connectivity index (χ0v) is 6.36. The van der Waals surface area contributed by atoms with E-state index >= 15 is 0 Å². The first-order valence-electron chi connectivity index (χ1n) is 3.31. The fourth-order valence-corrected chi connectivity index (χ4v) is 0.504. The van der Waals surface area contributed by atoms with Crippen LogP contribution in [0, 0.1) is 0 Å². The molecule has 0 aromatic rings. The monoisotopic (exact) mass is 182 g/mol. The van der Waals surface area contributed by atoms with Crippen molar-refractivity contribution < 1.29 is 22.7 Å². The van der Waals surface area contributed by atoms with Crippen molar-refractivity contribution in [2.75, 3.05) is 6.61 Å². The summed E-state index contributed by atoms with van der Waals surface area (Å²) in [6.45, 7) is 2.87. The van der Waals surface area contributed by atoms with Gasteiger partial charge in [-0.05, 0) is 6.42 Å². The maximum atomic E-state index is 11.5. The molecule has 0 fully saturated rings. The smallest absolute Gasteiger partial charge is 0.389 e. The maximum Gasteiger partial charge on any atom is 0.389 e. The molecule has 0 spiro atoms. The molecule has 0 aromatic heterocycles. The summed E-state index contributed by atoms with van der Waals surface area (Å²) in [6, 6.07) is 0. The summed E-state index contributed by atoms with van der Waals surface area (Å²) in [5, 5.41) is 0. The van der Waals surface area contributed by atoms with Gasteiger partial charge >= 0.3 is 12.1 Å². The highest BCUT2D eigenvalue weighted by molar-refractivity contribution is 5.81. The Hall–Kier alpha value is -1.00. The highest BCUT2D eigenvalue weighted by Crippen LogP contribution is 2.20. The Morgan fingerprint density at radius 1 is 1.50 bits per heavy atom.